The van der Waals surface area contributed by atoms with Gasteiger partial charge in [0.2, 0.25) is 0 Å². The number of benzene rings is 1. The quantitative estimate of drug-likeness (QED) is 0.503. The summed E-state index contributed by atoms with van der Waals surface area (Å²) < 4.78 is 0. The van der Waals surface area contributed by atoms with E-state index in [0.29, 0.717) is 5.92 Å². The molecule has 0 saturated heterocycles. The minimum atomic E-state index is 0.603. The third-order valence-corrected chi connectivity index (χ3v) is 1.36. The van der Waals surface area contributed by atoms with Crippen LogP contribution in [0.4, 0.5) is 0 Å². The molecule has 2 heteroatoms. The van der Waals surface area contributed by atoms with E-state index in [4.69, 9.17) is 9.69 Å². The van der Waals surface area contributed by atoms with E-state index in [2.05, 4.69) is 26.0 Å². The van der Waals surface area contributed by atoms with E-state index in [9.17, 15) is 0 Å². The third kappa shape index (κ3) is 4.55. The molecule has 0 aromatic heterocycles. The summed E-state index contributed by atoms with van der Waals surface area (Å²) in [6.07, 6.45) is 0. The Labute approximate surface area is 82.7 Å². The molecular formula is C9H11ClZn. The summed E-state index contributed by atoms with van der Waals surface area (Å²) in [6.45, 7) is 4.34. The molecular weight excluding hydrogens is 209 g/mol. The SMILES string of the molecule is CC(C)c1[c-]cccc1.[Cl][Zn+]. The van der Waals surface area contributed by atoms with Crippen LogP contribution < -0.4 is 0 Å². The van der Waals surface area contributed by atoms with Crippen molar-refractivity contribution in [3.8, 4) is 0 Å². The van der Waals surface area contributed by atoms with Crippen LogP contribution in [0, 0.1) is 6.07 Å². The molecule has 0 heterocycles. The fraction of sp³-hybridized carbons (Fsp3) is 0.333. The molecule has 0 atom stereocenters. The Bertz CT molecular complexity index is 172. The van der Waals surface area contributed by atoms with Crippen molar-refractivity contribution in [1.82, 2.24) is 0 Å². The fourth-order valence-corrected chi connectivity index (χ4v) is 0.766. The van der Waals surface area contributed by atoms with Gasteiger partial charge in [-0.3, -0.25) is 0 Å². The topological polar surface area (TPSA) is 0 Å². The molecule has 0 saturated carbocycles. The fourth-order valence-electron chi connectivity index (χ4n) is 0.766. The van der Waals surface area contributed by atoms with Crippen LogP contribution >= 0.6 is 9.69 Å². The van der Waals surface area contributed by atoms with Gasteiger partial charge >= 0.3 is 27.0 Å². The molecule has 0 fully saturated rings. The van der Waals surface area contributed by atoms with Gasteiger partial charge in [-0.25, -0.2) is 0 Å². The van der Waals surface area contributed by atoms with E-state index in [-0.39, 0.29) is 0 Å². The first-order valence-electron chi connectivity index (χ1n) is 3.54. The molecule has 0 aliphatic rings. The first-order chi connectivity index (χ1) is 5.30. The molecule has 0 spiro atoms. The summed E-state index contributed by atoms with van der Waals surface area (Å²) in [5, 5.41) is 0. The molecule has 0 nitrogen and oxygen atoms in total. The van der Waals surface area contributed by atoms with Crippen LogP contribution in [0.1, 0.15) is 25.3 Å². The normalized spacial score (nSPS) is 8.91. The number of hydrogen-bond acceptors (Lipinski definition) is 0. The van der Waals surface area contributed by atoms with Crippen molar-refractivity contribution in [3.05, 3.63) is 35.9 Å². The van der Waals surface area contributed by atoms with E-state index < -0.39 is 0 Å². The van der Waals surface area contributed by atoms with Gasteiger partial charge in [-0.2, -0.15) is 35.9 Å². The van der Waals surface area contributed by atoms with Crippen molar-refractivity contribution in [2.24, 2.45) is 0 Å². The molecule has 0 amide bonds. The van der Waals surface area contributed by atoms with Gasteiger partial charge in [-0.05, 0) is 5.92 Å². The third-order valence-electron chi connectivity index (χ3n) is 1.36. The average molecular weight is 220 g/mol. The molecule has 0 radical (unpaired) electrons. The van der Waals surface area contributed by atoms with Crippen molar-refractivity contribution >= 4 is 9.69 Å². The van der Waals surface area contributed by atoms with Crippen LogP contribution in [0.3, 0.4) is 0 Å². The van der Waals surface area contributed by atoms with Gasteiger partial charge in [-0.15, -0.1) is 0 Å². The second kappa shape index (κ2) is 6.82. The molecule has 0 N–H and O–H groups in total. The van der Waals surface area contributed by atoms with E-state index in [1.807, 2.05) is 18.2 Å². The van der Waals surface area contributed by atoms with E-state index >= 15 is 0 Å². The Kier molecular flexibility index (Phi) is 6.90. The van der Waals surface area contributed by atoms with Gasteiger partial charge in [0.05, 0.1) is 0 Å². The Hall–Kier alpha value is 0.133. The first kappa shape index (κ1) is 11.1. The van der Waals surface area contributed by atoms with Gasteiger partial charge in [0.25, 0.3) is 0 Å². The monoisotopic (exact) mass is 218 g/mol. The maximum absolute atomic E-state index is 4.76. The number of halogens is 1. The zero-order valence-corrected chi connectivity index (χ0v) is 10.7. The zero-order valence-electron chi connectivity index (χ0n) is 6.97. The molecule has 1 aromatic rings. The zero-order chi connectivity index (χ0) is 8.69. The van der Waals surface area contributed by atoms with Crippen LogP contribution in [-0.4, -0.2) is 0 Å². The molecule has 0 unspecified atom stereocenters. The molecule has 1 aromatic carbocycles. The Morgan fingerprint density at radius 1 is 1.36 bits per heavy atom. The maximum atomic E-state index is 4.76. The predicted octanol–water partition coefficient (Wildman–Crippen LogP) is 3.30. The second-order valence-corrected chi connectivity index (χ2v) is 2.47. The summed E-state index contributed by atoms with van der Waals surface area (Å²) in [7, 11) is 4.76. The summed E-state index contributed by atoms with van der Waals surface area (Å²) >= 11 is 0.847. The van der Waals surface area contributed by atoms with Gasteiger partial charge in [0, 0.05) is 0 Å². The Morgan fingerprint density at radius 3 is 2.27 bits per heavy atom. The van der Waals surface area contributed by atoms with Crippen molar-refractivity contribution in [2.45, 2.75) is 19.8 Å². The summed E-state index contributed by atoms with van der Waals surface area (Å²) in [6, 6.07) is 11.3. The minimum absolute atomic E-state index is 0.603. The van der Waals surface area contributed by atoms with Gasteiger partial charge in [-0.1, -0.05) is 13.8 Å². The summed E-state index contributed by atoms with van der Waals surface area (Å²) in [5.74, 6) is 0.603. The van der Waals surface area contributed by atoms with Crippen LogP contribution in [0.2, 0.25) is 0 Å². The van der Waals surface area contributed by atoms with Crippen LogP contribution in [-0.2, 0) is 17.3 Å². The van der Waals surface area contributed by atoms with E-state index in [1.165, 1.54) is 5.56 Å². The van der Waals surface area contributed by atoms with Crippen LogP contribution in [0.25, 0.3) is 0 Å². The molecule has 0 aliphatic carbocycles. The molecule has 0 aliphatic heterocycles. The first-order valence-corrected chi connectivity index (χ1v) is 7.44. The Morgan fingerprint density at radius 2 is 2.00 bits per heavy atom. The molecule has 1 rings (SSSR count). The van der Waals surface area contributed by atoms with E-state index in [1.54, 1.807) is 0 Å². The van der Waals surface area contributed by atoms with E-state index in [0.717, 1.165) is 17.3 Å². The summed E-state index contributed by atoms with van der Waals surface area (Å²) in [4.78, 5) is 0. The molecule has 11 heavy (non-hydrogen) atoms. The standard InChI is InChI=1S/C9H11.ClH.Zn/c1-8(2)9-6-4-3-5-7-9;;/h3-6,8H,1-2H3;1H;/q-1;;+2/p-1. The second-order valence-electron chi connectivity index (χ2n) is 2.47. The van der Waals surface area contributed by atoms with Gasteiger partial charge < -0.3 is 0 Å². The van der Waals surface area contributed by atoms with Crippen molar-refractivity contribution < 1.29 is 17.3 Å². The van der Waals surface area contributed by atoms with Crippen molar-refractivity contribution in [1.29, 1.82) is 0 Å². The molecule has 0 bridgehead atoms. The average Bonchev–Trinajstić information content (AvgIpc) is 2.10. The number of rotatable bonds is 1. The summed E-state index contributed by atoms with van der Waals surface area (Å²) in [5.41, 5.74) is 1.29. The molecule has 56 valence electrons. The predicted molar refractivity (Wildman–Crippen MR) is 45.2 cm³/mol. The van der Waals surface area contributed by atoms with Crippen LogP contribution in [0.15, 0.2) is 24.3 Å². The van der Waals surface area contributed by atoms with Gasteiger partial charge in [0.15, 0.2) is 0 Å². The van der Waals surface area contributed by atoms with Crippen LogP contribution in [0.5, 0.6) is 0 Å². The van der Waals surface area contributed by atoms with Crippen molar-refractivity contribution in [3.63, 3.8) is 0 Å². The number of hydrogen-bond donors (Lipinski definition) is 0. The Balaban J connectivity index is 0.000000461. The van der Waals surface area contributed by atoms with Crippen molar-refractivity contribution in [2.75, 3.05) is 0 Å². The van der Waals surface area contributed by atoms with Gasteiger partial charge in [0.1, 0.15) is 0 Å².